The van der Waals surface area contributed by atoms with Crippen LogP contribution in [-0.2, 0) is 13.0 Å². The molecule has 0 fully saturated rings. The third-order valence-corrected chi connectivity index (χ3v) is 3.01. The zero-order valence-corrected chi connectivity index (χ0v) is 11.8. The molecule has 2 rings (SSSR count). The van der Waals surface area contributed by atoms with Gasteiger partial charge in [-0.3, -0.25) is 10.1 Å². The van der Waals surface area contributed by atoms with Crippen molar-refractivity contribution in [3.8, 4) is 0 Å². The van der Waals surface area contributed by atoms with E-state index in [1.807, 2.05) is 12.1 Å². The van der Waals surface area contributed by atoms with Crippen LogP contribution in [0.5, 0.6) is 0 Å². The number of unbranched alkanes of at least 4 members (excludes halogenated alkanes) is 1. The lowest BCUT2D eigenvalue weighted by Gasteiger charge is -2.02. The van der Waals surface area contributed by atoms with Crippen molar-refractivity contribution in [2.24, 2.45) is 0 Å². The summed E-state index contributed by atoms with van der Waals surface area (Å²) in [6.45, 7) is 4.89. The Balaban J connectivity index is 1.97. The second-order valence-corrected chi connectivity index (χ2v) is 4.57. The number of benzene rings is 1. The van der Waals surface area contributed by atoms with Crippen molar-refractivity contribution in [3.63, 3.8) is 0 Å². The van der Waals surface area contributed by atoms with E-state index in [0.717, 1.165) is 19.3 Å². The second-order valence-electron chi connectivity index (χ2n) is 4.57. The van der Waals surface area contributed by atoms with Crippen LogP contribution < -0.4 is 5.32 Å². The number of nitrogens with zero attached hydrogens (tertiary/aromatic N) is 4. The summed E-state index contributed by atoms with van der Waals surface area (Å²) < 4.78 is 0. The summed E-state index contributed by atoms with van der Waals surface area (Å²) in [5.74, 6) is 0.0216. The highest BCUT2D eigenvalue weighted by molar-refractivity contribution is 6.03. The van der Waals surface area contributed by atoms with Gasteiger partial charge in [0.25, 0.3) is 11.9 Å². The first-order valence-corrected chi connectivity index (χ1v) is 6.91. The molecule has 0 bridgehead atoms. The first kappa shape index (κ1) is 14.2. The number of hydrogen-bond acceptors (Lipinski definition) is 4. The van der Waals surface area contributed by atoms with Crippen molar-refractivity contribution in [1.82, 2.24) is 20.2 Å². The fourth-order valence-corrected chi connectivity index (χ4v) is 1.75. The molecule has 0 aliphatic rings. The van der Waals surface area contributed by atoms with Crippen LogP contribution >= 0.6 is 0 Å². The number of aromatic nitrogens is 4. The largest absolute Gasteiger partial charge is 0.288 e. The molecular weight excluding hydrogens is 254 g/mol. The van der Waals surface area contributed by atoms with Gasteiger partial charge in [0.2, 0.25) is 0 Å². The van der Waals surface area contributed by atoms with Crippen LogP contribution in [0.25, 0.3) is 0 Å². The minimum Gasteiger partial charge on any atom is -0.288 e. The lowest BCUT2D eigenvalue weighted by molar-refractivity contribution is 0.102. The highest BCUT2D eigenvalue weighted by atomic mass is 16.1. The van der Waals surface area contributed by atoms with Crippen molar-refractivity contribution < 1.29 is 4.79 Å². The molecule has 0 aliphatic heterocycles. The van der Waals surface area contributed by atoms with E-state index < -0.39 is 0 Å². The molecule has 1 aromatic carbocycles. The molecular formula is C14H19N5O. The molecule has 0 saturated carbocycles. The molecule has 0 radical (unpaired) electrons. The highest BCUT2D eigenvalue weighted by Gasteiger charge is 2.09. The fraction of sp³-hybridized carbons (Fsp3) is 0.429. The topological polar surface area (TPSA) is 72.7 Å². The number of aryl methyl sites for hydroxylation is 2. The fourth-order valence-electron chi connectivity index (χ4n) is 1.75. The number of amides is 1. The molecule has 1 aromatic heterocycles. The molecule has 0 aliphatic carbocycles. The van der Waals surface area contributed by atoms with Gasteiger partial charge in [0.1, 0.15) is 0 Å². The molecule has 106 valence electrons. The number of rotatable bonds is 6. The van der Waals surface area contributed by atoms with E-state index in [1.165, 1.54) is 10.4 Å². The molecule has 1 amide bonds. The SMILES string of the molecule is CCCCn1nnc(NC(=O)c2ccc(CC)cc2)n1. The summed E-state index contributed by atoms with van der Waals surface area (Å²) in [5, 5.41) is 14.5. The molecule has 6 nitrogen and oxygen atoms in total. The highest BCUT2D eigenvalue weighted by Crippen LogP contribution is 2.07. The van der Waals surface area contributed by atoms with E-state index in [-0.39, 0.29) is 11.9 Å². The van der Waals surface area contributed by atoms with Gasteiger partial charge in [-0.25, -0.2) is 0 Å². The summed E-state index contributed by atoms with van der Waals surface area (Å²) in [5.41, 5.74) is 1.79. The summed E-state index contributed by atoms with van der Waals surface area (Å²) in [4.78, 5) is 13.5. The van der Waals surface area contributed by atoms with E-state index in [2.05, 4.69) is 34.6 Å². The van der Waals surface area contributed by atoms with Crippen LogP contribution in [0.15, 0.2) is 24.3 Å². The predicted octanol–water partition coefficient (Wildman–Crippen LogP) is 2.29. The zero-order chi connectivity index (χ0) is 14.4. The van der Waals surface area contributed by atoms with Crippen molar-refractivity contribution in [3.05, 3.63) is 35.4 Å². The van der Waals surface area contributed by atoms with Gasteiger partial charge in [-0.2, -0.15) is 4.80 Å². The van der Waals surface area contributed by atoms with Crippen LogP contribution in [0.4, 0.5) is 5.95 Å². The molecule has 20 heavy (non-hydrogen) atoms. The van der Waals surface area contributed by atoms with Gasteiger partial charge in [0.15, 0.2) is 0 Å². The van der Waals surface area contributed by atoms with E-state index >= 15 is 0 Å². The summed E-state index contributed by atoms with van der Waals surface area (Å²) >= 11 is 0. The zero-order valence-electron chi connectivity index (χ0n) is 11.8. The summed E-state index contributed by atoms with van der Waals surface area (Å²) in [6.07, 6.45) is 3.00. The molecule has 1 N–H and O–H groups in total. The predicted molar refractivity (Wildman–Crippen MR) is 76.5 cm³/mol. The minimum atomic E-state index is -0.220. The molecule has 1 heterocycles. The average molecular weight is 273 g/mol. The van der Waals surface area contributed by atoms with Crippen molar-refractivity contribution in [1.29, 1.82) is 0 Å². The quantitative estimate of drug-likeness (QED) is 0.876. The Morgan fingerprint density at radius 1 is 1.25 bits per heavy atom. The van der Waals surface area contributed by atoms with Gasteiger partial charge in [-0.05, 0) is 35.8 Å². The standard InChI is InChI=1S/C14H19N5O/c1-3-5-10-19-17-14(16-18-19)15-13(20)12-8-6-11(4-2)7-9-12/h6-9H,3-5,10H2,1-2H3,(H,15,17,20). The van der Waals surface area contributed by atoms with E-state index in [0.29, 0.717) is 12.1 Å². The lowest BCUT2D eigenvalue weighted by Crippen LogP contribution is -2.13. The van der Waals surface area contributed by atoms with Crippen LogP contribution in [0, 0.1) is 0 Å². The normalized spacial score (nSPS) is 10.5. The minimum absolute atomic E-state index is 0.220. The van der Waals surface area contributed by atoms with Crippen LogP contribution in [0.1, 0.15) is 42.6 Å². The first-order chi connectivity index (χ1) is 9.72. The number of carbonyl (C=O) groups is 1. The Morgan fingerprint density at radius 3 is 2.65 bits per heavy atom. The summed E-state index contributed by atoms with van der Waals surface area (Å²) in [7, 11) is 0. The Bertz CT molecular complexity index is 561. The Morgan fingerprint density at radius 2 is 2.00 bits per heavy atom. The molecule has 6 heteroatoms. The summed E-state index contributed by atoms with van der Waals surface area (Å²) in [6, 6.07) is 7.49. The first-order valence-electron chi connectivity index (χ1n) is 6.91. The van der Waals surface area contributed by atoms with E-state index in [4.69, 9.17) is 0 Å². The van der Waals surface area contributed by atoms with Crippen molar-refractivity contribution >= 4 is 11.9 Å². The Kier molecular flexibility index (Phi) is 4.81. The van der Waals surface area contributed by atoms with E-state index in [9.17, 15) is 4.79 Å². The number of anilines is 1. The third-order valence-electron chi connectivity index (χ3n) is 3.01. The van der Waals surface area contributed by atoms with Gasteiger partial charge in [0, 0.05) is 5.56 Å². The molecule has 0 atom stereocenters. The molecule has 2 aromatic rings. The van der Waals surface area contributed by atoms with Gasteiger partial charge in [-0.15, -0.1) is 5.10 Å². The molecule has 0 unspecified atom stereocenters. The maximum Gasteiger partial charge on any atom is 0.270 e. The second kappa shape index (κ2) is 6.79. The van der Waals surface area contributed by atoms with E-state index in [1.54, 1.807) is 12.1 Å². The monoisotopic (exact) mass is 273 g/mol. The smallest absolute Gasteiger partial charge is 0.270 e. The third kappa shape index (κ3) is 3.63. The van der Waals surface area contributed by atoms with Gasteiger partial charge >= 0.3 is 0 Å². The average Bonchev–Trinajstić information content (AvgIpc) is 2.92. The number of nitrogens with one attached hydrogen (secondary N) is 1. The molecule has 0 spiro atoms. The van der Waals surface area contributed by atoms with Crippen molar-refractivity contribution in [2.45, 2.75) is 39.7 Å². The van der Waals surface area contributed by atoms with Gasteiger partial charge in [0.05, 0.1) is 6.54 Å². The number of tetrazole rings is 1. The maximum absolute atomic E-state index is 12.0. The number of hydrogen-bond donors (Lipinski definition) is 1. The van der Waals surface area contributed by atoms with Crippen LogP contribution in [0.2, 0.25) is 0 Å². The van der Waals surface area contributed by atoms with Crippen LogP contribution in [0.3, 0.4) is 0 Å². The Labute approximate surface area is 118 Å². The molecule has 0 saturated heterocycles. The van der Waals surface area contributed by atoms with Crippen molar-refractivity contribution in [2.75, 3.05) is 5.32 Å². The lowest BCUT2D eigenvalue weighted by atomic mass is 10.1. The number of carbonyl (C=O) groups excluding carboxylic acids is 1. The van der Waals surface area contributed by atoms with Gasteiger partial charge in [-0.1, -0.05) is 37.5 Å². The maximum atomic E-state index is 12.0. The Hall–Kier alpha value is -2.24. The van der Waals surface area contributed by atoms with Crippen LogP contribution in [-0.4, -0.2) is 26.1 Å². The van der Waals surface area contributed by atoms with Gasteiger partial charge < -0.3 is 0 Å².